The van der Waals surface area contributed by atoms with E-state index in [0.29, 0.717) is 24.5 Å². The standard InChI is InChI=1S/C23H30N2O4/c1-16(2)21(24-22(26)18-8-6-7-17(3)15-18)23(27)25(4)13-14-29-20-11-9-19(28-5)10-12-20/h6-12,15-16,21H,13-14H2,1-5H3,(H,24,26)/t21-/m0/s1. The molecule has 6 heteroatoms. The average molecular weight is 399 g/mol. The van der Waals surface area contributed by atoms with E-state index in [2.05, 4.69) is 5.32 Å². The SMILES string of the molecule is COc1ccc(OCCN(C)C(=O)[C@@H](NC(=O)c2cccc(C)c2)C(C)C)cc1. The summed E-state index contributed by atoms with van der Waals surface area (Å²) >= 11 is 0. The number of benzene rings is 2. The van der Waals surface area contributed by atoms with Crippen molar-refractivity contribution in [2.24, 2.45) is 5.92 Å². The van der Waals surface area contributed by atoms with Gasteiger partial charge in [-0.05, 0) is 49.2 Å². The second-order valence-corrected chi connectivity index (χ2v) is 7.35. The maximum absolute atomic E-state index is 12.9. The first kappa shape index (κ1) is 22.3. The minimum absolute atomic E-state index is 0.0405. The van der Waals surface area contributed by atoms with Crippen LogP contribution in [0.5, 0.6) is 11.5 Å². The van der Waals surface area contributed by atoms with E-state index in [1.807, 2.05) is 63.2 Å². The van der Waals surface area contributed by atoms with Gasteiger partial charge in [0.05, 0.1) is 13.7 Å². The Bertz CT molecular complexity index is 818. The average Bonchev–Trinajstić information content (AvgIpc) is 2.71. The number of carbonyl (C=O) groups is 2. The van der Waals surface area contributed by atoms with E-state index < -0.39 is 6.04 Å². The predicted molar refractivity (Wildman–Crippen MR) is 113 cm³/mol. The highest BCUT2D eigenvalue weighted by Gasteiger charge is 2.27. The number of likely N-dealkylation sites (N-methyl/N-ethyl adjacent to an activating group) is 1. The first-order valence-corrected chi connectivity index (χ1v) is 9.71. The van der Waals surface area contributed by atoms with Crippen molar-refractivity contribution in [1.82, 2.24) is 10.2 Å². The van der Waals surface area contributed by atoms with Gasteiger partial charge in [0.1, 0.15) is 24.1 Å². The van der Waals surface area contributed by atoms with Crippen LogP contribution in [0.3, 0.4) is 0 Å². The van der Waals surface area contributed by atoms with E-state index in [9.17, 15) is 9.59 Å². The second-order valence-electron chi connectivity index (χ2n) is 7.35. The number of nitrogens with one attached hydrogen (secondary N) is 1. The van der Waals surface area contributed by atoms with Gasteiger partial charge in [0.25, 0.3) is 5.91 Å². The van der Waals surface area contributed by atoms with Gasteiger partial charge in [0, 0.05) is 12.6 Å². The number of carbonyl (C=O) groups excluding carboxylic acids is 2. The zero-order valence-electron chi connectivity index (χ0n) is 17.8. The molecule has 0 aliphatic heterocycles. The summed E-state index contributed by atoms with van der Waals surface area (Å²) in [5.41, 5.74) is 1.55. The third kappa shape index (κ3) is 6.52. The topological polar surface area (TPSA) is 67.9 Å². The molecule has 0 bridgehead atoms. The van der Waals surface area contributed by atoms with Crippen molar-refractivity contribution in [1.29, 1.82) is 0 Å². The number of ether oxygens (including phenoxy) is 2. The number of nitrogens with zero attached hydrogens (tertiary/aromatic N) is 1. The van der Waals surface area contributed by atoms with Crippen molar-refractivity contribution >= 4 is 11.8 Å². The van der Waals surface area contributed by atoms with E-state index in [0.717, 1.165) is 11.3 Å². The first-order valence-electron chi connectivity index (χ1n) is 9.71. The predicted octanol–water partition coefficient (Wildman–Crippen LogP) is 3.30. The molecule has 2 amide bonds. The molecule has 0 aliphatic carbocycles. The summed E-state index contributed by atoms with van der Waals surface area (Å²) in [5.74, 6) is 1.04. The maximum Gasteiger partial charge on any atom is 0.251 e. The van der Waals surface area contributed by atoms with Crippen molar-refractivity contribution in [2.75, 3.05) is 27.3 Å². The minimum Gasteiger partial charge on any atom is -0.497 e. The molecule has 0 spiro atoms. The molecule has 2 rings (SSSR count). The lowest BCUT2D eigenvalue weighted by Gasteiger charge is -2.27. The summed E-state index contributed by atoms with van der Waals surface area (Å²) in [5, 5.41) is 2.88. The monoisotopic (exact) mass is 398 g/mol. The zero-order chi connectivity index (χ0) is 21.4. The molecule has 0 saturated heterocycles. The van der Waals surface area contributed by atoms with Crippen molar-refractivity contribution in [3.8, 4) is 11.5 Å². The van der Waals surface area contributed by atoms with Gasteiger partial charge >= 0.3 is 0 Å². The van der Waals surface area contributed by atoms with Crippen molar-refractivity contribution < 1.29 is 19.1 Å². The largest absolute Gasteiger partial charge is 0.497 e. The van der Waals surface area contributed by atoms with Crippen LogP contribution in [0.4, 0.5) is 0 Å². The molecule has 0 saturated carbocycles. The lowest BCUT2D eigenvalue weighted by atomic mass is 10.0. The van der Waals surface area contributed by atoms with Gasteiger partial charge in [0.2, 0.25) is 5.91 Å². The van der Waals surface area contributed by atoms with E-state index in [1.54, 1.807) is 25.1 Å². The number of amides is 2. The van der Waals surface area contributed by atoms with Crippen LogP contribution < -0.4 is 14.8 Å². The molecule has 6 nitrogen and oxygen atoms in total. The molecule has 0 aliphatic rings. The van der Waals surface area contributed by atoms with Crippen LogP contribution in [-0.2, 0) is 4.79 Å². The normalized spacial score (nSPS) is 11.7. The quantitative estimate of drug-likeness (QED) is 0.704. The molecule has 1 N–H and O–H groups in total. The Balaban J connectivity index is 1.91. The number of hydrogen-bond donors (Lipinski definition) is 1. The van der Waals surface area contributed by atoms with Crippen molar-refractivity contribution in [2.45, 2.75) is 26.8 Å². The Kier molecular flexibility index (Phi) is 8.07. The molecule has 0 aromatic heterocycles. The molecule has 0 heterocycles. The molecule has 0 radical (unpaired) electrons. The number of hydrogen-bond acceptors (Lipinski definition) is 4. The summed E-state index contributed by atoms with van der Waals surface area (Å²) in [6.45, 7) is 6.53. The summed E-state index contributed by atoms with van der Waals surface area (Å²) in [6.07, 6.45) is 0. The third-order valence-electron chi connectivity index (χ3n) is 4.63. The Hall–Kier alpha value is -3.02. The summed E-state index contributed by atoms with van der Waals surface area (Å²) in [6, 6.07) is 14.0. The molecular formula is C23H30N2O4. The zero-order valence-corrected chi connectivity index (χ0v) is 17.8. The Labute approximate surface area is 172 Å². The Morgan fingerprint density at radius 2 is 1.72 bits per heavy atom. The van der Waals surface area contributed by atoms with Crippen LogP contribution in [0.1, 0.15) is 29.8 Å². The van der Waals surface area contributed by atoms with Gasteiger partial charge in [-0.3, -0.25) is 9.59 Å². The fourth-order valence-corrected chi connectivity index (χ4v) is 2.84. The van der Waals surface area contributed by atoms with E-state index in [-0.39, 0.29) is 17.7 Å². The molecule has 29 heavy (non-hydrogen) atoms. The van der Waals surface area contributed by atoms with Crippen LogP contribution in [0.15, 0.2) is 48.5 Å². The van der Waals surface area contributed by atoms with E-state index >= 15 is 0 Å². The van der Waals surface area contributed by atoms with Gasteiger partial charge in [-0.25, -0.2) is 0 Å². The van der Waals surface area contributed by atoms with Gasteiger partial charge in [-0.15, -0.1) is 0 Å². The highest BCUT2D eigenvalue weighted by Crippen LogP contribution is 2.17. The number of aryl methyl sites for hydroxylation is 1. The molecule has 0 unspecified atom stereocenters. The summed E-state index contributed by atoms with van der Waals surface area (Å²) in [7, 11) is 3.33. The third-order valence-corrected chi connectivity index (χ3v) is 4.63. The van der Waals surface area contributed by atoms with Gasteiger partial charge in [-0.2, -0.15) is 0 Å². The molecule has 1 atom stereocenters. The molecule has 156 valence electrons. The Morgan fingerprint density at radius 1 is 1.07 bits per heavy atom. The molecule has 2 aromatic rings. The molecule has 0 fully saturated rings. The fourth-order valence-electron chi connectivity index (χ4n) is 2.84. The van der Waals surface area contributed by atoms with Gasteiger partial charge < -0.3 is 19.7 Å². The molecule has 2 aromatic carbocycles. The maximum atomic E-state index is 12.9. The van der Waals surface area contributed by atoms with Gasteiger partial charge in [0.15, 0.2) is 0 Å². The lowest BCUT2D eigenvalue weighted by molar-refractivity contribution is -0.133. The van der Waals surface area contributed by atoms with Crippen LogP contribution in [-0.4, -0.2) is 50.1 Å². The highest BCUT2D eigenvalue weighted by atomic mass is 16.5. The van der Waals surface area contributed by atoms with Crippen molar-refractivity contribution in [3.05, 3.63) is 59.7 Å². The van der Waals surface area contributed by atoms with E-state index in [1.165, 1.54) is 0 Å². The summed E-state index contributed by atoms with van der Waals surface area (Å²) in [4.78, 5) is 27.0. The first-order chi connectivity index (χ1) is 13.8. The van der Waals surface area contributed by atoms with Crippen molar-refractivity contribution in [3.63, 3.8) is 0 Å². The van der Waals surface area contributed by atoms with Crippen LogP contribution in [0, 0.1) is 12.8 Å². The summed E-state index contributed by atoms with van der Waals surface area (Å²) < 4.78 is 10.8. The van der Waals surface area contributed by atoms with Crippen LogP contribution >= 0.6 is 0 Å². The Morgan fingerprint density at radius 3 is 2.31 bits per heavy atom. The number of rotatable bonds is 9. The van der Waals surface area contributed by atoms with E-state index in [4.69, 9.17) is 9.47 Å². The highest BCUT2D eigenvalue weighted by molar-refractivity contribution is 5.97. The van der Waals surface area contributed by atoms with Gasteiger partial charge in [-0.1, -0.05) is 31.5 Å². The van der Waals surface area contributed by atoms with Crippen LogP contribution in [0.2, 0.25) is 0 Å². The number of methoxy groups -OCH3 is 1. The lowest BCUT2D eigenvalue weighted by Crippen LogP contribution is -2.50. The molecular weight excluding hydrogens is 368 g/mol. The smallest absolute Gasteiger partial charge is 0.251 e. The second kappa shape index (κ2) is 10.5. The fraction of sp³-hybridized carbons (Fsp3) is 0.391. The van der Waals surface area contributed by atoms with Crippen LogP contribution in [0.25, 0.3) is 0 Å². The minimum atomic E-state index is -0.603.